The van der Waals surface area contributed by atoms with Gasteiger partial charge in [-0.05, 0) is 0 Å². The van der Waals surface area contributed by atoms with Gasteiger partial charge in [0.05, 0.1) is 6.42 Å². The maximum atomic E-state index is 10.9. The molecule has 50 valence electrons. The topological polar surface area (TPSA) is 37.4 Å². The van der Waals surface area contributed by atoms with Crippen molar-refractivity contribution in [1.82, 2.24) is 4.90 Å². The molecule has 2 rings (SSSR count). The lowest BCUT2D eigenvalue weighted by atomic mass is 10.2. The molecule has 0 radical (unpaired) electrons. The first kappa shape index (κ1) is 5.41. The van der Waals surface area contributed by atoms with Crippen LogP contribution >= 0.6 is 0 Å². The Balaban J connectivity index is 2.20. The summed E-state index contributed by atoms with van der Waals surface area (Å²) in [6.07, 6.45) is 0.520. The second-order valence-electron chi connectivity index (χ2n) is 2.33. The number of rotatable bonds is 0. The highest BCUT2D eigenvalue weighted by molar-refractivity contribution is 7.86. The van der Waals surface area contributed by atoms with Gasteiger partial charge in [-0.3, -0.25) is 9.00 Å². The van der Waals surface area contributed by atoms with Crippen LogP contribution in [-0.4, -0.2) is 32.7 Å². The quantitative estimate of drug-likeness (QED) is 0.423. The average Bonchev–Trinajstić information content (AvgIpc) is 2.07. The number of hydrogen-bond donors (Lipinski definition) is 0. The maximum Gasteiger partial charge on any atom is 0.226 e. The Labute approximate surface area is 55.5 Å². The number of carbonyl (C=O) groups excluding carboxylic acids is 1. The fraction of sp³-hybridized carbons (Fsp3) is 0.800. The molecule has 0 aliphatic carbocycles. The van der Waals surface area contributed by atoms with Crippen molar-refractivity contribution >= 4 is 16.7 Å². The highest BCUT2D eigenvalue weighted by Gasteiger charge is 2.44. The predicted octanol–water partition coefficient (Wildman–Crippen LogP) is -0.693. The van der Waals surface area contributed by atoms with Crippen molar-refractivity contribution in [3.63, 3.8) is 0 Å². The third-order valence-corrected chi connectivity index (χ3v) is 3.47. The van der Waals surface area contributed by atoms with Crippen LogP contribution in [0.3, 0.4) is 0 Å². The Morgan fingerprint density at radius 3 is 2.89 bits per heavy atom. The minimum Gasteiger partial charge on any atom is -0.327 e. The Morgan fingerprint density at radius 2 is 2.44 bits per heavy atom. The van der Waals surface area contributed by atoms with Crippen molar-refractivity contribution in [2.24, 2.45) is 0 Å². The molecule has 1 unspecified atom stereocenters. The second kappa shape index (κ2) is 1.56. The second-order valence-corrected chi connectivity index (χ2v) is 4.04. The number of β-lactam (4-membered cyclic amide) rings is 1. The highest BCUT2D eigenvalue weighted by atomic mass is 32.2. The van der Waals surface area contributed by atoms with Gasteiger partial charge in [-0.1, -0.05) is 0 Å². The minimum atomic E-state index is -0.726. The summed E-state index contributed by atoms with van der Waals surface area (Å²) in [6.45, 7) is 0.718. The molecule has 2 heterocycles. The molecule has 0 N–H and O–H groups in total. The Hall–Kier alpha value is -0.380. The zero-order valence-corrected chi connectivity index (χ0v) is 5.69. The van der Waals surface area contributed by atoms with Crippen LogP contribution in [0.5, 0.6) is 0 Å². The molecular weight excluding hydrogens is 138 g/mol. The van der Waals surface area contributed by atoms with Crippen LogP contribution in [0.15, 0.2) is 0 Å². The number of carbonyl (C=O) groups is 1. The van der Waals surface area contributed by atoms with Gasteiger partial charge in [-0.2, -0.15) is 0 Å². The van der Waals surface area contributed by atoms with Crippen molar-refractivity contribution in [3.05, 3.63) is 0 Å². The van der Waals surface area contributed by atoms with Crippen LogP contribution in [-0.2, 0) is 15.6 Å². The zero-order valence-electron chi connectivity index (χ0n) is 4.87. The smallest absolute Gasteiger partial charge is 0.226 e. The van der Waals surface area contributed by atoms with Crippen molar-refractivity contribution in [1.29, 1.82) is 0 Å². The highest BCUT2D eigenvalue weighted by Crippen LogP contribution is 2.26. The predicted molar refractivity (Wildman–Crippen MR) is 33.1 cm³/mol. The van der Waals surface area contributed by atoms with Gasteiger partial charge in [-0.15, -0.1) is 0 Å². The maximum absolute atomic E-state index is 10.9. The number of nitrogens with zero attached hydrogens (tertiary/aromatic N) is 1. The van der Waals surface area contributed by atoms with Crippen LogP contribution in [0.25, 0.3) is 0 Å². The van der Waals surface area contributed by atoms with E-state index in [0.29, 0.717) is 12.2 Å². The molecule has 2 saturated heterocycles. The monoisotopic (exact) mass is 145 g/mol. The van der Waals surface area contributed by atoms with E-state index in [0.717, 1.165) is 6.54 Å². The first-order valence-electron chi connectivity index (χ1n) is 2.96. The molecule has 2 aliphatic heterocycles. The third-order valence-electron chi connectivity index (χ3n) is 1.85. The van der Waals surface area contributed by atoms with Crippen LogP contribution in [0.2, 0.25) is 0 Å². The van der Waals surface area contributed by atoms with Gasteiger partial charge in [-0.25, -0.2) is 0 Å². The summed E-state index contributed by atoms with van der Waals surface area (Å²) < 4.78 is 10.9. The van der Waals surface area contributed by atoms with Crippen molar-refractivity contribution < 1.29 is 9.00 Å². The number of hydrogen-bond acceptors (Lipinski definition) is 2. The first-order chi connectivity index (χ1) is 4.29. The van der Waals surface area contributed by atoms with E-state index in [1.54, 1.807) is 4.90 Å². The molecule has 0 aromatic rings. The molecule has 0 bridgehead atoms. The third kappa shape index (κ3) is 0.566. The van der Waals surface area contributed by atoms with Crippen molar-refractivity contribution in [3.8, 4) is 0 Å². The lowest BCUT2D eigenvalue weighted by Gasteiger charge is -2.32. The van der Waals surface area contributed by atoms with Crippen LogP contribution in [0.1, 0.15) is 6.42 Å². The van der Waals surface area contributed by atoms with Crippen LogP contribution < -0.4 is 0 Å². The Morgan fingerprint density at radius 1 is 1.67 bits per heavy atom. The largest absolute Gasteiger partial charge is 0.327 e. The average molecular weight is 145 g/mol. The molecule has 4 heteroatoms. The standard InChI is InChI=1S/C5H7NO2S/c7-4-3-5-6(4)1-2-9(5)8/h5H,1-3H2/t5-,9?/m0/s1. The summed E-state index contributed by atoms with van der Waals surface area (Å²) >= 11 is 0. The van der Waals surface area contributed by atoms with E-state index in [-0.39, 0.29) is 11.3 Å². The van der Waals surface area contributed by atoms with E-state index in [1.165, 1.54) is 0 Å². The first-order valence-corrected chi connectivity index (χ1v) is 4.34. The summed E-state index contributed by atoms with van der Waals surface area (Å²) in [6, 6.07) is 0. The van der Waals surface area contributed by atoms with E-state index in [1.807, 2.05) is 0 Å². The van der Waals surface area contributed by atoms with E-state index >= 15 is 0 Å². The minimum absolute atomic E-state index is 0.0949. The fourth-order valence-electron chi connectivity index (χ4n) is 1.25. The summed E-state index contributed by atoms with van der Waals surface area (Å²) in [4.78, 5) is 12.4. The molecule has 9 heavy (non-hydrogen) atoms. The van der Waals surface area contributed by atoms with Crippen molar-refractivity contribution in [2.45, 2.75) is 11.8 Å². The molecule has 3 nitrogen and oxygen atoms in total. The molecule has 2 atom stereocenters. The summed E-state index contributed by atoms with van der Waals surface area (Å²) in [5.74, 6) is 0.863. The van der Waals surface area contributed by atoms with E-state index in [4.69, 9.17) is 0 Å². The molecule has 0 saturated carbocycles. The lowest BCUT2D eigenvalue weighted by Crippen LogP contribution is -2.49. The van der Waals surface area contributed by atoms with Gasteiger partial charge in [0.1, 0.15) is 5.37 Å². The van der Waals surface area contributed by atoms with E-state index in [2.05, 4.69) is 0 Å². The van der Waals surface area contributed by atoms with E-state index in [9.17, 15) is 9.00 Å². The van der Waals surface area contributed by atoms with Gasteiger partial charge in [0, 0.05) is 23.1 Å². The van der Waals surface area contributed by atoms with E-state index < -0.39 is 10.8 Å². The molecule has 2 fully saturated rings. The summed E-state index contributed by atoms with van der Waals surface area (Å²) in [7, 11) is -0.726. The molecule has 1 amide bonds. The summed E-state index contributed by atoms with van der Waals surface area (Å²) in [5, 5.41) is 0.0949. The van der Waals surface area contributed by atoms with Crippen molar-refractivity contribution in [2.75, 3.05) is 12.3 Å². The SMILES string of the molecule is O=C1C[C@H]2N1CCS2=O. The fourth-order valence-corrected chi connectivity index (χ4v) is 2.74. The molecule has 2 aliphatic rings. The normalized spacial score (nSPS) is 40.4. The van der Waals surface area contributed by atoms with Gasteiger partial charge in [0.2, 0.25) is 5.91 Å². The van der Waals surface area contributed by atoms with Gasteiger partial charge in [0.25, 0.3) is 0 Å². The van der Waals surface area contributed by atoms with Crippen LogP contribution in [0.4, 0.5) is 0 Å². The lowest BCUT2D eigenvalue weighted by molar-refractivity contribution is -0.140. The Bertz CT molecular complexity index is 191. The number of amides is 1. The molecule has 0 aromatic carbocycles. The molecule has 0 aromatic heterocycles. The molecular formula is C5H7NO2S. The van der Waals surface area contributed by atoms with Gasteiger partial charge < -0.3 is 4.90 Å². The van der Waals surface area contributed by atoms with Gasteiger partial charge >= 0.3 is 0 Å². The zero-order chi connectivity index (χ0) is 6.43. The number of fused-ring (bicyclic) bond motifs is 1. The molecule has 0 spiro atoms. The summed E-state index contributed by atoms with van der Waals surface area (Å²) in [5.41, 5.74) is 0. The Kier molecular flexibility index (Phi) is 0.939. The van der Waals surface area contributed by atoms with Gasteiger partial charge in [0.15, 0.2) is 0 Å². The van der Waals surface area contributed by atoms with Crippen LogP contribution in [0, 0.1) is 0 Å².